The minimum absolute atomic E-state index is 0.160. The number of aromatic nitrogens is 3. The zero-order valence-corrected chi connectivity index (χ0v) is 12.4. The normalized spacial score (nSPS) is 10.7. The number of halogens is 2. The first-order valence-corrected chi connectivity index (χ1v) is 6.86. The smallest absolute Gasteiger partial charge is 0.258 e. The van der Waals surface area contributed by atoms with Gasteiger partial charge in [0, 0.05) is 21.7 Å². The average molecular weight is 352 g/mol. The molecule has 2 aromatic heterocycles. The van der Waals surface area contributed by atoms with E-state index in [-0.39, 0.29) is 11.1 Å². The van der Waals surface area contributed by atoms with Crippen molar-refractivity contribution in [2.24, 2.45) is 0 Å². The lowest BCUT2D eigenvalue weighted by atomic mass is 10.2. The number of H-pyrrole nitrogens is 1. The lowest BCUT2D eigenvalue weighted by molar-refractivity contribution is 0.102. The van der Waals surface area contributed by atoms with Crippen molar-refractivity contribution in [2.45, 2.75) is 0 Å². The molecule has 3 rings (SSSR count). The Morgan fingerprint density at radius 1 is 1.30 bits per heavy atom. The van der Waals surface area contributed by atoms with Crippen molar-refractivity contribution in [3.63, 3.8) is 0 Å². The summed E-state index contributed by atoms with van der Waals surface area (Å²) in [6, 6.07) is 7.10. The van der Waals surface area contributed by atoms with Crippen molar-refractivity contribution in [3.05, 3.63) is 51.8 Å². The molecule has 0 atom stereocenters. The fourth-order valence-electron chi connectivity index (χ4n) is 1.80. The molecule has 0 aliphatic rings. The summed E-state index contributed by atoms with van der Waals surface area (Å²) in [5, 5.41) is 10.7. The highest BCUT2D eigenvalue weighted by molar-refractivity contribution is 9.10. The van der Waals surface area contributed by atoms with E-state index in [0.717, 1.165) is 10.9 Å². The van der Waals surface area contributed by atoms with Crippen molar-refractivity contribution in [1.29, 1.82) is 0 Å². The van der Waals surface area contributed by atoms with E-state index in [9.17, 15) is 4.79 Å². The third-order valence-electron chi connectivity index (χ3n) is 2.75. The van der Waals surface area contributed by atoms with Gasteiger partial charge >= 0.3 is 0 Å². The van der Waals surface area contributed by atoms with Crippen LogP contribution in [0.5, 0.6) is 0 Å². The molecule has 0 saturated heterocycles. The number of nitrogens with zero attached hydrogens (tertiary/aromatic N) is 2. The monoisotopic (exact) mass is 350 g/mol. The zero-order chi connectivity index (χ0) is 14.1. The van der Waals surface area contributed by atoms with E-state index in [0.29, 0.717) is 15.7 Å². The number of hydrogen-bond acceptors (Lipinski definition) is 3. The number of nitrogens with one attached hydrogen (secondary N) is 2. The molecule has 0 spiro atoms. The molecule has 1 amide bonds. The molecule has 0 bridgehead atoms. The second-order valence-electron chi connectivity index (χ2n) is 4.12. The highest BCUT2D eigenvalue weighted by Gasteiger charge is 2.12. The van der Waals surface area contributed by atoms with E-state index < -0.39 is 0 Å². The Morgan fingerprint density at radius 2 is 2.15 bits per heavy atom. The number of carbonyl (C=O) groups is 1. The van der Waals surface area contributed by atoms with Gasteiger partial charge < -0.3 is 5.32 Å². The van der Waals surface area contributed by atoms with E-state index in [1.165, 1.54) is 6.20 Å². The molecule has 0 aliphatic carbocycles. The summed E-state index contributed by atoms with van der Waals surface area (Å²) in [5.41, 5.74) is 1.81. The minimum atomic E-state index is -0.317. The maximum atomic E-state index is 12.2. The van der Waals surface area contributed by atoms with Crippen LogP contribution in [0.4, 0.5) is 5.69 Å². The maximum Gasteiger partial charge on any atom is 0.258 e. The van der Waals surface area contributed by atoms with Gasteiger partial charge in [0.2, 0.25) is 0 Å². The second kappa shape index (κ2) is 5.22. The largest absolute Gasteiger partial charge is 0.322 e. The number of rotatable bonds is 2. The topological polar surface area (TPSA) is 70.7 Å². The Labute approximate surface area is 127 Å². The molecule has 0 aliphatic heterocycles. The summed E-state index contributed by atoms with van der Waals surface area (Å²) in [4.78, 5) is 16.1. The first-order valence-electron chi connectivity index (χ1n) is 5.69. The average Bonchev–Trinajstić information content (AvgIpc) is 2.89. The van der Waals surface area contributed by atoms with Crippen LogP contribution in [-0.4, -0.2) is 21.1 Å². The van der Waals surface area contributed by atoms with Crippen molar-refractivity contribution < 1.29 is 4.79 Å². The van der Waals surface area contributed by atoms with Gasteiger partial charge in [-0.1, -0.05) is 11.6 Å². The number of benzene rings is 1. The summed E-state index contributed by atoms with van der Waals surface area (Å²) < 4.78 is 0.691. The Bertz CT molecular complexity index is 802. The lowest BCUT2D eigenvalue weighted by Gasteiger charge is -2.06. The van der Waals surface area contributed by atoms with Crippen LogP contribution >= 0.6 is 27.5 Å². The van der Waals surface area contributed by atoms with Crippen molar-refractivity contribution in [2.75, 3.05) is 5.32 Å². The Hall–Kier alpha value is -1.92. The summed E-state index contributed by atoms with van der Waals surface area (Å²) in [7, 11) is 0. The van der Waals surface area contributed by atoms with Gasteiger partial charge in [0.05, 0.1) is 17.3 Å². The van der Waals surface area contributed by atoms with Crippen LogP contribution in [-0.2, 0) is 0 Å². The van der Waals surface area contributed by atoms with Crippen LogP contribution in [0.15, 0.2) is 41.1 Å². The van der Waals surface area contributed by atoms with Gasteiger partial charge in [0.15, 0.2) is 0 Å². The van der Waals surface area contributed by atoms with Crippen LogP contribution in [0.3, 0.4) is 0 Å². The second-order valence-corrected chi connectivity index (χ2v) is 5.39. The Balaban J connectivity index is 1.89. The van der Waals surface area contributed by atoms with Crippen LogP contribution < -0.4 is 5.32 Å². The molecule has 0 unspecified atom stereocenters. The molecule has 0 radical (unpaired) electrons. The molecule has 7 heteroatoms. The lowest BCUT2D eigenvalue weighted by Crippen LogP contribution is -2.13. The Kier molecular flexibility index (Phi) is 3.42. The number of carbonyl (C=O) groups excluding carboxylic acids is 1. The van der Waals surface area contributed by atoms with Gasteiger partial charge in [-0.3, -0.25) is 9.89 Å². The van der Waals surface area contributed by atoms with Crippen LogP contribution in [0.1, 0.15) is 10.4 Å². The molecule has 3 aromatic rings. The van der Waals surface area contributed by atoms with Gasteiger partial charge in [0.25, 0.3) is 5.91 Å². The summed E-state index contributed by atoms with van der Waals surface area (Å²) in [6.45, 7) is 0. The minimum Gasteiger partial charge on any atom is -0.322 e. The van der Waals surface area contributed by atoms with Gasteiger partial charge in [-0.05, 0) is 40.2 Å². The van der Waals surface area contributed by atoms with Crippen LogP contribution in [0, 0.1) is 0 Å². The van der Waals surface area contributed by atoms with E-state index in [4.69, 9.17) is 11.6 Å². The summed E-state index contributed by atoms with van der Waals surface area (Å²) in [5.74, 6) is -0.317. The van der Waals surface area contributed by atoms with Gasteiger partial charge in [0.1, 0.15) is 5.15 Å². The molecule has 20 heavy (non-hydrogen) atoms. The first-order chi connectivity index (χ1) is 9.63. The Morgan fingerprint density at radius 3 is 3.00 bits per heavy atom. The number of hydrogen-bond donors (Lipinski definition) is 2. The third-order valence-corrected chi connectivity index (χ3v) is 3.48. The predicted octanol–water partition coefficient (Wildman–Crippen LogP) is 3.63. The van der Waals surface area contributed by atoms with Crippen molar-refractivity contribution >= 4 is 50.0 Å². The molecule has 100 valence electrons. The van der Waals surface area contributed by atoms with Crippen LogP contribution in [0.25, 0.3) is 10.9 Å². The molecule has 2 N–H and O–H groups in total. The molecular weight excluding hydrogens is 344 g/mol. The SMILES string of the molecule is O=C(Nc1ccc2cn[nH]c2c1)c1cc(Br)cnc1Cl. The highest BCUT2D eigenvalue weighted by Crippen LogP contribution is 2.21. The standard InChI is InChI=1S/C13H8BrClN4O/c14-8-3-10(12(15)16-6-8)13(20)18-9-2-1-7-5-17-19-11(7)4-9/h1-6H,(H,17,19)(H,18,20). The van der Waals surface area contributed by atoms with Crippen molar-refractivity contribution in [3.8, 4) is 0 Å². The van der Waals surface area contributed by atoms with Crippen LogP contribution in [0.2, 0.25) is 5.15 Å². The predicted molar refractivity (Wildman–Crippen MR) is 81.0 cm³/mol. The fraction of sp³-hybridized carbons (Fsp3) is 0. The van der Waals surface area contributed by atoms with E-state index in [1.54, 1.807) is 24.4 Å². The number of pyridine rings is 1. The van der Waals surface area contributed by atoms with E-state index >= 15 is 0 Å². The number of fused-ring (bicyclic) bond motifs is 1. The molecule has 5 nitrogen and oxygen atoms in total. The molecular formula is C13H8BrClN4O. The number of anilines is 1. The number of aromatic amines is 1. The van der Waals surface area contributed by atoms with Gasteiger partial charge in [-0.15, -0.1) is 0 Å². The molecule has 1 aromatic carbocycles. The third kappa shape index (κ3) is 2.52. The van der Waals surface area contributed by atoms with Gasteiger partial charge in [-0.2, -0.15) is 5.10 Å². The maximum absolute atomic E-state index is 12.2. The summed E-state index contributed by atoms with van der Waals surface area (Å²) >= 11 is 9.19. The summed E-state index contributed by atoms with van der Waals surface area (Å²) in [6.07, 6.45) is 3.26. The van der Waals surface area contributed by atoms with Crippen molar-refractivity contribution in [1.82, 2.24) is 15.2 Å². The van der Waals surface area contributed by atoms with E-state index in [2.05, 4.69) is 36.4 Å². The first kappa shape index (κ1) is 13.1. The van der Waals surface area contributed by atoms with E-state index in [1.807, 2.05) is 6.07 Å². The highest BCUT2D eigenvalue weighted by atomic mass is 79.9. The van der Waals surface area contributed by atoms with Gasteiger partial charge in [-0.25, -0.2) is 4.98 Å². The zero-order valence-electron chi connectivity index (χ0n) is 10.0. The fourth-order valence-corrected chi connectivity index (χ4v) is 2.32. The molecule has 2 heterocycles. The number of amides is 1. The molecule has 0 fully saturated rings. The quantitative estimate of drug-likeness (QED) is 0.693. The molecule has 0 saturated carbocycles.